The molecule has 1 fully saturated rings. The van der Waals surface area contributed by atoms with Gasteiger partial charge >= 0.3 is 0 Å². The number of aryl methyl sites for hydroxylation is 3. The van der Waals surface area contributed by atoms with Crippen LogP contribution >= 0.6 is 0 Å². The predicted molar refractivity (Wildman–Crippen MR) is 111 cm³/mol. The third-order valence-corrected chi connectivity index (χ3v) is 5.24. The SMILES string of the molecule is Cc1cc(-c2ccccc2OCC(=O)NCC2CCCO2)nc2c1c(C)nn2C. The largest absolute Gasteiger partial charge is 0.483 e. The van der Waals surface area contributed by atoms with Crippen molar-refractivity contribution < 1.29 is 14.3 Å². The first kappa shape index (κ1) is 19.4. The molecule has 0 radical (unpaired) electrons. The summed E-state index contributed by atoms with van der Waals surface area (Å²) in [4.78, 5) is 17.0. The van der Waals surface area contributed by atoms with Gasteiger partial charge in [0.15, 0.2) is 12.3 Å². The number of fused-ring (bicyclic) bond motifs is 1. The van der Waals surface area contributed by atoms with E-state index in [0.717, 1.165) is 53.0 Å². The Bertz CT molecular complexity index is 1040. The number of nitrogens with zero attached hydrogens (tertiary/aromatic N) is 3. The summed E-state index contributed by atoms with van der Waals surface area (Å²) in [5, 5.41) is 8.43. The van der Waals surface area contributed by atoms with Crippen LogP contribution in [0.15, 0.2) is 30.3 Å². The van der Waals surface area contributed by atoms with Crippen molar-refractivity contribution in [3.63, 3.8) is 0 Å². The number of carbonyl (C=O) groups excluding carboxylic acids is 1. The Morgan fingerprint density at radius 1 is 1.34 bits per heavy atom. The highest BCUT2D eigenvalue weighted by Crippen LogP contribution is 2.32. The van der Waals surface area contributed by atoms with Crippen LogP contribution in [-0.4, -0.2) is 46.5 Å². The molecule has 152 valence electrons. The van der Waals surface area contributed by atoms with E-state index in [-0.39, 0.29) is 18.6 Å². The maximum absolute atomic E-state index is 12.2. The first-order chi connectivity index (χ1) is 14.0. The van der Waals surface area contributed by atoms with Crippen molar-refractivity contribution in [2.24, 2.45) is 7.05 Å². The Morgan fingerprint density at radius 2 is 2.17 bits per heavy atom. The van der Waals surface area contributed by atoms with Crippen LogP contribution in [0.2, 0.25) is 0 Å². The molecular formula is C22H26N4O3. The molecule has 0 saturated carbocycles. The highest BCUT2D eigenvalue weighted by molar-refractivity contribution is 5.85. The predicted octanol–water partition coefficient (Wildman–Crippen LogP) is 2.93. The van der Waals surface area contributed by atoms with Crippen molar-refractivity contribution in [3.05, 3.63) is 41.6 Å². The van der Waals surface area contributed by atoms with Gasteiger partial charge in [0.25, 0.3) is 5.91 Å². The van der Waals surface area contributed by atoms with E-state index in [1.54, 1.807) is 4.68 Å². The van der Waals surface area contributed by atoms with E-state index >= 15 is 0 Å². The number of ether oxygens (including phenoxy) is 2. The van der Waals surface area contributed by atoms with Crippen molar-refractivity contribution in [2.45, 2.75) is 32.8 Å². The van der Waals surface area contributed by atoms with Crippen molar-refractivity contribution in [1.29, 1.82) is 0 Å². The number of para-hydroxylation sites is 1. The number of amides is 1. The minimum Gasteiger partial charge on any atom is -0.483 e. The fourth-order valence-corrected chi connectivity index (χ4v) is 3.83. The number of rotatable bonds is 6. The van der Waals surface area contributed by atoms with Crippen LogP contribution in [0.3, 0.4) is 0 Å². The normalized spacial score (nSPS) is 16.3. The van der Waals surface area contributed by atoms with E-state index in [4.69, 9.17) is 14.5 Å². The van der Waals surface area contributed by atoms with E-state index in [9.17, 15) is 4.79 Å². The minimum atomic E-state index is -0.155. The lowest BCUT2D eigenvalue weighted by atomic mass is 10.1. The van der Waals surface area contributed by atoms with Gasteiger partial charge in [0.2, 0.25) is 0 Å². The number of benzene rings is 1. The molecule has 3 heterocycles. The van der Waals surface area contributed by atoms with Gasteiger partial charge in [-0.25, -0.2) is 4.98 Å². The minimum absolute atomic E-state index is 0.0459. The second-order valence-corrected chi connectivity index (χ2v) is 7.46. The second kappa shape index (κ2) is 8.21. The van der Waals surface area contributed by atoms with Crippen molar-refractivity contribution in [2.75, 3.05) is 19.8 Å². The maximum atomic E-state index is 12.2. The molecule has 1 aliphatic heterocycles. The van der Waals surface area contributed by atoms with Crippen LogP contribution in [0, 0.1) is 13.8 Å². The van der Waals surface area contributed by atoms with Gasteiger partial charge in [0.1, 0.15) is 5.75 Å². The van der Waals surface area contributed by atoms with Crippen LogP contribution in [0.5, 0.6) is 5.75 Å². The highest BCUT2D eigenvalue weighted by Gasteiger charge is 2.17. The Morgan fingerprint density at radius 3 is 2.97 bits per heavy atom. The van der Waals surface area contributed by atoms with Gasteiger partial charge in [0, 0.05) is 31.1 Å². The lowest BCUT2D eigenvalue weighted by molar-refractivity contribution is -0.123. The number of pyridine rings is 1. The Hall–Kier alpha value is -2.93. The van der Waals surface area contributed by atoms with Gasteiger partial charge < -0.3 is 14.8 Å². The average molecular weight is 394 g/mol. The molecule has 1 saturated heterocycles. The fraction of sp³-hybridized carbons (Fsp3) is 0.409. The molecule has 7 heteroatoms. The van der Waals surface area contributed by atoms with Gasteiger partial charge in [-0.05, 0) is 50.5 Å². The Labute approximate surface area is 170 Å². The topological polar surface area (TPSA) is 78.3 Å². The zero-order chi connectivity index (χ0) is 20.4. The third kappa shape index (κ3) is 4.10. The number of hydrogen-bond acceptors (Lipinski definition) is 5. The van der Waals surface area contributed by atoms with Crippen LogP contribution in [0.25, 0.3) is 22.3 Å². The van der Waals surface area contributed by atoms with Crippen molar-refractivity contribution in [3.8, 4) is 17.0 Å². The first-order valence-corrected chi connectivity index (χ1v) is 9.94. The Kier molecular flexibility index (Phi) is 5.49. The van der Waals surface area contributed by atoms with Crippen molar-refractivity contribution in [1.82, 2.24) is 20.1 Å². The second-order valence-electron chi connectivity index (χ2n) is 7.46. The molecule has 0 bridgehead atoms. The summed E-state index contributed by atoms with van der Waals surface area (Å²) in [5.41, 5.74) is 4.56. The molecular weight excluding hydrogens is 368 g/mol. The van der Waals surface area contributed by atoms with Gasteiger partial charge in [-0.1, -0.05) is 12.1 Å². The van der Waals surface area contributed by atoms with Gasteiger partial charge in [-0.15, -0.1) is 0 Å². The third-order valence-electron chi connectivity index (χ3n) is 5.24. The standard InChI is InChI=1S/C22H26N4O3/c1-14-11-18(24-22-21(14)15(2)25-26(22)3)17-8-4-5-9-19(17)29-13-20(27)23-12-16-7-6-10-28-16/h4-5,8-9,11,16H,6-7,10,12-13H2,1-3H3,(H,23,27). The first-order valence-electron chi connectivity index (χ1n) is 9.94. The monoisotopic (exact) mass is 394 g/mol. The molecule has 7 nitrogen and oxygen atoms in total. The molecule has 1 atom stereocenters. The summed E-state index contributed by atoms with van der Waals surface area (Å²) in [6.07, 6.45) is 2.16. The zero-order valence-electron chi connectivity index (χ0n) is 17.1. The lowest BCUT2D eigenvalue weighted by Crippen LogP contribution is -2.35. The molecule has 3 aromatic rings. The summed E-state index contributed by atoms with van der Waals surface area (Å²) in [6, 6.07) is 9.68. The zero-order valence-corrected chi connectivity index (χ0v) is 17.1. The maximum Gasteiger partial charge on any atom is 0.258 e. The number of aromatic nitrogens is 3. The average Bonchev–Trinajstić information content (AvgIpc) is 3.33. The molecule has 1 aromatic carbocycles. The van der Waals surface area contributed by atoms with Crippen LogP contribution in [-0.2, 0) is 16.6 Å². The van der Waals surface area contributed by atoms with Crippen LogP contribution in [0.4, 0.5) is 0 Å². The quantitative estimate of drug-likeness (QED) is 0.696. The van der Waals surface area contributed by atoms with E-state index in [1.165, 1.54) is 0 Å². The van der Waals surface area contributed by atoms with Crippen LogP contribution in [0.1, 0.15) is 24.1 Å². The molecule has 0 spiro atoms. The molecule has 29 heavy (non-hydrogen) atoms. The Balaban J connectivity index is 1.52. The van der Waals surface area contributed by atoms with E-state index in [2.05, 4.69) is 17.3 Å². The number of nitrogens with one attached hydrogen (secondary N) is 1. The molecule has 1 aliphatic rings. The van der Waals surface area contributed by atoms with Crippen molar-refractivity contribution >= 4 is 16.9 Å². The fourth-order valence-electron chi connectivity index (χ4n) is 3.83. The van der Waals surface area contributed by atoms with E-state index < -0.39 is 0 Å². The van der Waals surface area contributed by atoms with Gasteiger partial charge in [-0.3, -0.25) is 9.48 Å². The number of carbonyl (C=O) groups is 1. The molecule has 4 rings (SSSR count). The van der Waals surface area contributed by atoms with Gasteiger partial charge in [-0.2, -0.15) is 5.10 Å². The van der Waals surface area contributed by atoms with Crippen LogP contribution < -0.4 is 10.1 Å². The van der Waals surface area contributed by atoms with E-state index in [1.807, 2.05) is 44.3 Å². The highest BCUT2D eigenvalue weighted by atomic mass is 16.5. The smallest absolute Gasteiger partial charge is 0.258 e. The molecule has 2 aromatic heterocycles. The summed E-state index contributed by atoms with van der Waals surface area (Å²) in [5.74, 6) is 0.474. The van der Waals surface area contributed by atoms with E-state index in [0.29, 0.717) is 12.3 Å². The molecule has 1 amide bonds. The van der Waals surface area contributed by atoms with Gasteiger partial charge in [0.05, 0.1) is 17.5 Å². The number of hydrogen-bond donors (Lipinski definition) is 1. The molecule has 0 aliphatic carbocycles. The lowest BCUT2D eigenvalue weighted by Gasteiger charge is -2.13. The summed E-state index contributed by atoms with van der Waals surface area (Å²) in [7, 11) is 1.90. The molecule has 1 N–H and O–H groups in total. The summed E-state index contributed by atoms with van der Waals surface area (Å²) in [6.45, 7) is 5.31. The summed E-state index contributed by atoms with van der Waals surface area (Å²) >= 11 is 0. The summed E-state index contributed by atoms with van der Waals surface area (Å²) < 4.78 is 13.2. The molecule has 1 unspecified atom stereocenters.